The van der Waals surface area contributed by atoms with Gasteiger partial charge >= 0.3 is 0 Å². The fraction of sp³-hybridized carbons (Fsp3) is 0.900. The van der Waals surface area contributed by atoms with Gasteiger partial charge in [-0.3, -0.25) is 4.79 Å². The number of hydrogen-bond acceptors (Lipinski definition) is 2. The molecule has 0 aromatic heterocycles. The maximum Gasteiger partial charge on any atom is 0.226 e. The van der Waals surface area contributed by atoms with E-state index in [9.17, 15) is 4.79 Å². The van der Waals surface area contributed by atoms with Gasteiger partial charge in [0, 0.05) is 30.0 Å². The molecule has 3 atom stereocenters. The normalized spacial score (nSPS) is 38.9. The SMILES string of the molecule is CC1CSCCN1C(=O)[C@H]1C[C@@H]1C. The van der Waals surface area contributed by atoms with Crippen LogP contribution in [0.5, 0.6) is 0 Å². The largest absolute Gasteiger partial charge is 0.338 e. The van der Waals surface area contributed by atoms with Crippen molar-refractivity contribution in [2.24, 2.45) is 11.8 Å². The van der Waals surface area contributed by atoms with Gasteiger partial charge in [-0.2, -0.15) is 11.8 Å². The fourth-order valence-electron chi connectivity index (χ4n) is 1.93. The minimum Gasteiger partial charge on any atom is -0.338 e. The minimum atomic E-state index is 0.366. The predicted octanol–water partition coefficient (Wildman–Crippen LogP) is 1.61. The second-order valence-corrected chi connectivity index (χ2v) is 5.42. The van der Waals surface area contributed by atoms with Gasteiger partial charge in [0.05, 0.1) is 0 Å². The summed E-state index contributed by atoms with van der Waals surface area (Å²) in [6.07, 6.45) is 1.12. The maximum atomic E-state index is 11.9. The Hall–Kier alpha value is -0.180. The molecule has 1 heterocycles. The number of amides is 1. The average molecular weight is 199 g/mol. The molecule has 0 spiro atoms. The zero-order chi connectivity index (χ0) is 9.42. The van der Waals surface area contributed by atoms with Crippen LogP contribution in [0.15, 0.2) is 0 Å². The number of nitrogens with zero attached hydrogens (tertiary/aromatic N) is 1. The van der Waals surface area contributed by atoms with Crippen molar-refractivity contribution >= 4 is 17.7 Å². The number of carbonyl (C=O) groups is 1. The van der Waals surface area contributed by atoms with Crippen molar-refractivity contribution in [3.63, 3.8) is 0 Å². The van der Waals surface area contributed by atoms with E-state index in [2.05, 4.69) is 18.7 Å². The second-order valence-electron chi connectivity index (χ2n) is 4.28. The lowest BCUT2D eigenvalue weighted by Gasteiger charge is -2.33. The lowest BCUT2D eigenvalue weighted by molar-refractivity contribution is -0.134. The predicted molar refractivity (Wildman–Crippen MR) is 55.8 cm³/mol. The van der Waals surface area contributed by atoms with Crippen molar-refractivity contribution < 1.29 is 4.79 Å². The molecule has 0 radical (unpaired) electrons. The highest BCUT2D eigenvalue weighted by atomic mass is 32.2. The highest BCUT2D eigenvalue weighted by Crippen LogP contribution is 2.40. The van der Waals surface area contributed by atoms with Crippen LogP contribution in [0.3, 0.4) is 0 Å². The monoisotopic (exact) mass is 199 g/mol. The molecular formula is C10H17NOS. The summed E-state index contributed by atoms with van der Waals surface area (Å²) >= 11 is 1.96. The standard InChI is InChI=1S/C10H17NOS/c1-7-5-9(7)10(12)11-3-4-13-6-8(11)2/h7-9H,3-6H2,1-2H3/t7-,8?,9-/m0/s1. The van der Waals surface area contributed by atoms with Gasteiger partial charge in [-0.1, -0.05) is 6.92 Å². The third kappa shape index (κ3) is 1.85. The number of rotatable bonds is 1. The summed E-state index contributed by atoms with van der Waals surface area (Å²) in [6.45, 7) is 5.30. The van der Waals surface area contributed by atoms with Crippen LogP contribution >= 0.6 is 11.8 Å². The van der Waals surface area contributed by atoms with E-state index in [0.29, 0.717) is 23.8 Å². The van der Waals surface area contributed by atoms with Crippen LogP contribution in [0, 0.1) is 11.8 Å². The number of thioether (sulfide) groups is 1. The van der Waals surface area contributed by atoms with Crippen molar-refractivity contribution in [3.05, 3.63) is 0 Å². The van der Waals surface area contributed by atoms with Crippen LogP contribution in [0.25, 0.3) is 0 Å². The van der Waals surface area contributed by atoms with Crippen LogP contribution in [-0.4, -0.2) is 34.9 Å². The molecule has 74 valence electrons. The van der Waals surface area contributed by atoms with E-state index < -0.39 is 0 Å². The number of carbonyl (C=O) groups excluding carboxylic acids is 1. The van der Waals surface area contributed by atoms with Gasteiger partial charge in [-0.05, 0) is 19.3 Å². The molecule has 2 fully saturated rings. The highest BCUT2D eigenvalue weighted by Gasteiger charge is 2.42. The quantitative estimate of drug-likeness (QED) is 0.639. The van der Waals surface area contributed by atoms with Crippen LogP contribution in [0.1, 0.15) is 20.3 Å². The first-order valence-corrected chi connectivity index (χ1v) is 6.24. The summed E-state index contributed by atoms with van der Waals surface area (Å²) in [4.78, 5) is 14.0. The molecule has 2 rings (SSSR count). The Labute approximate surface area is 84.1 Å². The summed E-state index contributed by atoms with van der Waals surface area (Å²) in [7, 11) is 0. The molecule has 2 aliphatic rings. The Bertz CT molecular complexity index is 219. The van der Waals surface area contributed by atoms with E-state index in [1.807, 2.05) is 11.8 Å². The van der Waals surface area contributed by atoms with E-state index in [1.54, 1.807) is 0 Å². The van der Waals surface area contributed by atoms with Gasteiger partial charge < -0.3 is 4.90 Å². The Morgan fingerprint density at radius 1 is 1.46 bits per heavy atom. The van der Waals surface area contributed by atoms with E-state index in [-0.39, 0.29) is 0 Å². The van der Waals surface area contributed by atoms with Crippen molar-refractivity contribution in [2.75, 3.05) is 18.1 Å². The molecule has 1 saturated heterocycles. The molecule has 1 saturated carbocycles. The van der Waals surface area contributed by atoms with Crippen molar-refractivity contribution in [1.29, 1.82) is 0 Å². The molecule has 3 heteroatoms. The molecule has 1 unspecified atom stereocenters. The van der Waals surface area contributed by atoms with Gasteiger partial charge in [0.2, 0.25) is 5.91 Å². The average Bonchev–Trinajstić information content (AvgIpc) is 2.82. The summed E-state index contributed by atoms with van der Waals surface area (Å²) < 4.78 is 0. The van der Waals surface area contributed by atoms with Crippen LogP contribution in [-0.2, 0) is 4.79 Å². The first-order valence-electron chi connectivity index (χ1n) is 5.08. The molecule has 13 heavy (non-hydrogen) atoms. The molecule has 0 aromatic carbocycles. The Kier molecular flexibility index (Phi) is 2.54. The molecule has 2 nitrogen and oxygen atoms in total. The third-order valence-corrected chi connectivity index (χ3v) is 4.27. The zero-order valence-corrected chi connectivity index (χ0v) is 9.14. The molecule has 1 amide bonds. The Morgan fingerprint density at radius 3 is 2.69 bits per heavy atom. The lowest BCUT2D eigenvalue weighted by atomic mass is 10.2. The topological polar surface area (TPSA) is 20.3 Å². The molecule has 1 aliphatic carbocycles. The van der Waals surface area contributed by atoms with Crippen molar-refractivity contribution in [3.8, 4) is 0 Å². The van der Waals surface area contributed by atoms with Crippen LogP contribution in [0.4, 0.5) is 0 Å². The lowest BCUT2D eigenvalue weighted by Crippen LogP contribution is -2.45. The van der Waals surface area contributed by atoms with E-state index in [0.717, 1.165) is 24.5 Å². The Balaban J connectivity index is 1.94. The first kappa shape index (κ1) is 9.38. The second kappa shape index (κ2) is 3.52. The number of hydrogen-bond donors (Lipinski definition) is 0. The molecule has 0 N–H and O–H groups in total. The summed E-state index contributed by atoms with van der Waals surface area (Å²) in [5, 5.41) is 0. The molecule has 0 bridgehead atoms. The zero-order valence-electron chi connectivity index (χ0n) is 8.32. The molecule has 0 aromatic rings. The van der Waals surface area contributed by atoms with Crippen LogP contribution < -0.4 is 0 Å². The first-order chi connectivity index (χ1) is 6.20. The van der Waals surface area contributed by atoms with Gasteiger partial charge in [0.25, 0.3) is 0 Å². The van der Waals surface area contributed by atoms with Gasteiger partial charge in [-0.25, -0.2) is 0 Å². The summed E-state index contributed by atoms with van der Waals surface area (Å²) in [5.41, 5.74) is 0. The van der Waals surface area contributed by atoms with Gasteiger partial charge in [0.15, 0.2) is 0 Å². The smallest absolute Gasteiger partial charge is 0.226 e. The van der Waals surface area contributed by atoms with Gasteiger partial charge in [-0.15, -0.1) is 0 Å². The summed E-state index contributed by atoms with van der Waals surface area (Å²) in [5.74, 6) is 3.67. The van der Waals surface area contributed by atoms with Crippen molar-refractivity contribution in [2.45, 2.75) is 26.3 Å². The highest BCUT2D eigenvalue weighted by molar-refractivity contribution is 7.99. The maximum absolute atomic E-state index is 11.9. The molecule has 1 aliphatic heterocycles. The van der Waals surface area contributed by atoms with E-state index >= 15 is 0 Å². The van der Waals surface area contributed by atoms with E-state index in [4.69, 9.17) is 0 Å². The minimum absolute atomic E-state index is 0.366. The van der Waals surface area contributed by atoms with Crippen molar-refractivity contribution in [1.82, 2.24) is 4.90 Å². The summed E-state index contributed by atoms with van der Waals surface area (Å²) in [6, 6.07) is 0.457. The van der Waals surface area contributed by atoms with Crippen LogP contribution in [0.2, 0.25) is 0 Å². The fourth-order valence-corrected chi connectivity index (χ4v) is 2.95. The van der Waals surface area contributed by atoms with Gasteiger partial charge in [0.1, 0.15) is 0 Å². The Morgan fingerprint density at radius 2 is 2.15 bits per heavy atom. The molecular weight excluding hydrogens is 182 g/mol. The van der Waals surface area contributed by atoms with E-state index in [1.165, 1.54) is 0 Å². The third-order valence-electron chi connectivity index (χ3n) is 3.08.